The zero-order chi connectivity index (χ0) is 14.9. The second-order valence-electron chi connectivity index (χ2n) is 4.51. The van der Waals surface area contributed by atoms with Gasteiger partial charge >= 0.3 is 0 Å². The lowest BCUT2D eigenvalue weighted by Crippen LogP contribution is -2.09. The van der Waals surface area contributed by atoms with Gasteiger partial charge in [-0.2, -0.15) is 0 Å². The Kier molecular flexibility index (Phi) is 3.71. The zero-order valence-electron chi connectivity index (χ0n) is 11.5. The van der Waals surface area contributed by atoms with E-state index in [9.17, 15) is 8.42 Å². The first-order valence-corrected chi connectivity index (χ1v) is 7.88. The number of sulfone groups is 1. The first-order chi connectivity index (χ1) is 9.34. The minimum atomic E-state index is -3.29. The van der Waals surface area contributed by atoms with Gasteiger partial charge in [0.15, 0.2) is 9.84 Å². The number of aromatic nitrogens is 1. The van der Waals surface area contributed by atoms with Gasteiger partial charge in [-0.25, -0.2) is 8.42 Å². The highest BCUT2D eigenvalue weighted by molar-refractivity contribution is 7.90. The van der Waals surface area contributed by atoms with Crippen LogP contribution < -0.4 is 10.5 Å². The molecule has 6 nitrogen and oxygen atoms in total. The molecule has 7 heteroatoms. The van der Waals surface area contributed by atoms with Crippen LogP contribution in [-0.4, -0.2) is 26.9 Å². The summed E-state index contributed by atoms with van der Waals surface area (Å²) in [6.45, 7) is 1.56. The number of hydrogen-bond donors (Lipinski definition) is 1. The molecule has 0 fully saturated rings. The molecule has 2 N–H and O–H groups in total. The molecular formula is C13H16N2O4S. The van der Waals surface area contributed by atoms with Crippen molar-refractivity contribution in [3.63, 3.8) is 0 Å². The van der Waals surface area contributed by atoms with E-state index in [-0.39, 0.29) is 5.88 Å². The van der Waals surface area contributed by atoms with Gasteiger partial charge in [0.1, 0.15) is 16.7 Å². The molecule has 20 heavy (non-hydrogen) atoms. The number of ether oxygens (including phenoxy) is 1. The van der Waals surface area contributed by atoms with Crippen LogP contribution in [0.2, 0.25) is 0 Å². The number of nitrogens with zero attached hydrogens (tertiary/aromatic N) is 1. The van der Waals surface area contributed by atoms with E-state index in [1.807, 2.05) is 0 Å². The van der Waals surface area contributed by atoms with Crippen molar-refractivity contribution in [2.24, 2.45) is 0 Å². The van der Waals surface area contributed by atoms with Crippen molar-refractivity contribution in [1.29, 1.82) is 0 Å². The first-order valence-electron chi connectivity index (χ1n) is 5.93. The lowest BCUT2D eigenvalue weighted by atomic mass is 10.0. The summed E-state index contributed by atoms with van der Waals surface area (Å²) in [4.78, 5) is 0. The van der Waals surface area contributed by atoms with Gasteiger partial charge < -0.3 is 15.0 Å². The standard InChI is InChI=1S/C13H16N2O4S/c1-8(20(3,16)17)12-11(13(14)19-15-12)9-4-6-10(18-2)7-5-9/h4-8H,14H2,1-3H3. The highest BCUT2D eigenvalue weighted by Gasteiger charge is 2.27. The van der Waals surface area contributed by atoms with Gasteiger partial charge in [-0.05, 0) is 24.6 Å². The minimum Gasteiger partial charge on any atom is -0.497 e. The molecule has 2 aromatic rings. The number of methoxy groups -OCH3 is 1. The van der Waals surface area contributed by atoms with Crippen LogP contribution >= 0.6 is 0 Å². The lowest BCUT2D eigenvalue weighted by Gasteiger charge is -2.09. The molecule has 0 aliphatic heterocycles. The van der Waals surface area contributed by atoms with Crippen LogP contribution in [0.25, 0.3) is 11.1 Å². The van der Waals surface area contributed by atoms with Gasteiger partial charge in [0.25, 0.3) is 0 Å². The molecule has 0 saturated heterocycles. The normalized spacial score (nSPS) is 13.2. The van der Waals surface area contributed by atoms with E-state index >= 15 is 0 Å². The summed E-state index contributed by atoms with van der Waals surface area (Å²) in [5.41, 5.74) is 7.32. The number of rotatable bonds is 4. The third-order valence-electron chi connectivity index (χ3n) is 3.15. The summed E-state index contributed by atoms with van der Waals surface area (Å²) in [6.07, 6.45) is 1.15. The molecule has 0 amide bonds. The van der Waals surface area contributed by atoms with Gasteiger partial charge in [0.2, 0.25) is 5.88 Å². The highest BCUT2D eigenvalue weighted by atomic mass is 32.2. The highest BCUT2D eigenvalue weighted by Crippen LogP contribution is 2.36. The number of hydrogen-bond acceptors (Lipinski definition) is 6. The predicted molar refractivity (Wildman–Crippen MR) is 76.2 cm³/mol. The van der Waals surface area contributed by atoms with Crippen molar-refractivity contribution in [1.82, 2.24) is 5.16 Å². The summed E-state index contributed by atoms with van der Waals surface area (Å²) in [7, 11) is -1.72. The van der Waals surface area contributed by atoms with Gasteiger partial charge in [-0.15, -0.1) is 0 Å². The van der Waals surface area contributed by atoms with Crippen LogP contribution in [0.1, 0.15) is 17.9 Å². The fraction of sp³-hybridized carbons (Fsp3) is 0.308. The monoisotopic (exact) mass is 296 g/mol. The molecule has 0 aliphatic carbocycles. The Morgan fingerprint density at radius 1 is 1.30 bits per heavy atom. The number of benzene rings is 1. The molecule has 0 saturated carbocycles. The van der Waals surface area contributed by atoms with Gasteiger partial charge in [0, 0.05) is 6.26 Å². The predicted octanol–water partition coefficient (Wildman–Crippen LogP) is 2.04. The SMILES string of the molecule is COc1ccc(-c2c(C(C)S(C)(=O)=O)noc2N)cc1. The van der Waals surface area contributed by atoms with E-state index in [4.69, 9.17) is 15.0 Å². The van der Waals surface area contributed by atoms with Crippen molar-refractivity contribution in [2.75, 3.05) is 19.1 Å². The Balaban J connectivity index is 2.53. The third-order valence-corrected chi connectivity index (χ3v) is 4.66. The fourth-order valence-corrected chi connectivity index (χ4v) is 2.41. The van der Waals surface area contributed by atoms with Crippen LogP contribution in [0, 0.1) is 0 Å². The van der Waals surface area contributed by atoms with Crippen LogP contribution in [0.4, 0.5) is 5.88 Å². The minimum absolute atomic E-state index is 0.0978. The van der Waals surface area contributed by atoms with Crippen molar-refractivity contribution in [3.8, 4) is 16.9 Å². The molecule has 1 aromatic heterocycles. The topological polar surface area (TPSA) is 95.4 Å². The molecule has 2 rings (SSSR count). The van der Waals surface area contributed by atoms with E-state index in [0.717, 1.165) is 11.8 Å². The Bertz CT molecular complexity index is 704. The molecule has 1 aromatic carbocycles. The average molecular weight is 296 g/mol. The van der Waals surface area contributed by atoms with Crippen molar-refractivity contribution in [3.05, 3.63) is 30.0 Å². The molecule has 0 aliphatic rings. The summed E-state index contributed by atoms with van der Waals surface area (Å²) >= 11 is 0. The second-order valence-corrected chi connectivity index (χ2v) is 6.87. The maximum Gasteiger partial charge on any atom is 0.230 e. The Morgan fingerprint density at radius 3 is 2.40 bits per heavy atom. The lowest BCUT2D eigenvalue weighted by molar-refractivity contribution is 0.415. The van der Waals surface area contributed by atoms with Crippen LogP contribution in [0.3, 0.4) is 0 Å². The second kappa shape index (κ2) is 5.16. The zero-order valence-corrected chi connectivity index (χ0v) is 12.3. The van der Waals surface area contributed by atoms with Crippen LogP contribution in [-0.2, 0) is 9.84 Å². The summed E-state index contributed by atoms with van der Waals surface area (Å²) in [5, 5.41) is 3.00. The molecular weight excluding hydrogens is 280 g/mol. The van der Waals surface area contributed by atoms with Crippen LogP contribution in [0.15, 0.2) is 28.8 Å². The van der Waals surface area contributed by atoms with E-state index in [2.05, 4.69) is 5.16 Å². The van der Waals surface area contributed by atoms with Crippen molar-refractivity contribution in [2.45, 2.75) is 12.2 Å². The number of nitrogens with two attached hydrogens (primary N) is 1. The summed E-state index contributed by atoms with van der Waals surface area (Å²) in [6, 6.07) is 7.08. The van der Waals surface area contributed by atoms with Crippen molar-refractivity contribution < 1.29 is 17.7 Å². The molecule has 108 valence electrons. The fourth-order valence-electron chi connectivity index (χ4n) is 1.84. The Labute approximate surface area is 117 Å². The Hall–Kier alpha value is -2.02. The molecule has 1 atom stereocenters. The van der Waals surface area contributed by atoms with E-state index < -0.39 is 15.1 Å². The smallest absolute Gasteiger partial charge is 0.230 e. The first kappa shape index (κ1) is 14.4. The largest absolute Gasteiger partial charge is 0.497 e. The molecule has 0 spiro atoms. The van der Waals surface area contributed by atoms with Gasteiger partial charge in [-0.3, -0.25) is 0 Å². The van der Waals surface area contributed by atoms with E-state index in [1.54, 1.807) is 38.3 Å². The average Bonchev–Trinajstić information content (AvgIpc) is 2.78. The van der Waals surface area contributed by atoms with Gasteiger partial charge in [-0.1, -0.05) is 17.3 Å². The maximum atomic E-state index is 11.7. The quantitative estimate of drug-likeness (QED) is 0.927. The van der Waals surface area contributed by atoms with E-state index in [1.165, 1.54) is 0 Å². The maximum absolute atomic E-state index is 11.7. The molecule has 1 heterocycles. The summed E-state index contributed by atoms with van der Waals surface area (Å²) in [5.74, 6) is 0.794. The number of anilines is 1. The van der Waals surface area contributed by atoms with Crippen LogP contribution in [0.5, 0.6) is 5.75 Å². The Morgan fingerprint density at radius 2 is 1.90 bits per heavy atom. The van der Waals surface area contributed by atoms with E-state index in [0.29, 0.717) is 17.0 Å². The van der Waals surface area contributed by atoms with Gasteiger partial charge in [0.05, 0.1) is 12.7 Å². The van der Waals surface area contributed by atoms with Crippen molar-refractivity contribution >= 4 is 15.7 Å². The third kappa shape index (κ3) is 2.62. The molecule has 0 bridgehead atoms. The molecule has 0 radical (unpaired) electrons. The number of nitrogen functional groups attached to an aromatic ring is 1. The molecule has 1 unspecified atom stereocenters. The summed E-state index contributed by atoms with van der Waals surface area (Å²) < 4.78 is 33.4.